The van der Waals surface area contributed by atoms with E-state index in [-0.39, 0.29) is 0 Å². The van der Waals surface area contributed by atoms with E-state index in [1.807, 2.05) is 11.8 Å². The number of hydrogen-bond donors (Lipinski definition) is 1. The Morgan fingerprint density at radius 2 is 1.58 bits per heavy atom. The molecule has 1 aromatic carbocycles. The highest BCUT2D eigenvalue weighted by atomic mass is 32.2. The van der Waals surface area contributed by atoms with E-state index in [0.29, 0.717) is 0 Å². The molecule has 1 N–H and O–H groups in total. The van der Waals surface area contributed by atoms with E-state index in [0.717, 1.165) is 13.1 Å². The summed E-state index contributed by atoms with van der Waals surface area (Å²) in [7, 11) is 0. The number of fused-ring (bicyclic) bond motifs is 1. The van der Waals surface area contributed by atoms with Gasteiger partial charge in [-0.05, 0) is 74.3 Å². The first-order valence-electron chi connectivity index (χ1n) is 10.1. The first-order chi connectivity index (χ1) is 11.9. The lowest BCUT2D eigenvalue weighted by Gasteiger charge is -2.26. The summed E-state index contributed by atoms with van der Waals surface area (Å²) >= 11 is 2.04. The Bertz CT molecular complexity index is 483. The quantitative estimate of drug-likeness (QED) is 0.462. The minimum absolute atomic E-state index is 1.05. The maximum Gasteiger partial charge on any atom is 0.0212 e. The minimum atomic E-state index is 1.05. The lowest BCUT2D eigenvalue weighted by molar-refractivity contribution is 0.224. The first-order valence-corrected chi connectivity index (χ1v) is 11.1. The number of unbranched alkanes of at least 4 members (excludes halogenated alkanes) is 5. The van der Waals surface area contributed by atoms with Crippen molar-refractivity contribution in [2.45, 2.75) is 75.8 Å². The SMILES string of the molecule is c1cc2c(cc1SCCCCCCCCN1CCCCC1)CNC2. The molecule has 1 saturated heterocycles. The Hall–Kier alpha value is -0.510. The molecule has 1 aromatic rings. The number of thioether (sulfide) groups is 1. The summed E-state index contributed by atoms with van der Waals surface area (Å²) in [4.78, 5) is 4.13. The Balaban J connectivity index is 1.16. The van der Waals surface area contributed by atoms with E-state index in [1.54, 1.807) is 0 Å². The van der Waals surface area contributed by atoms with Crippen LogP contribution in [-0.4, -0.2) is 30.3 Å². The molecule has 0 bridgehead atoms. The van der Waals surface area contributed by atoms with Gasteiger partial charge in [-0.15, -0.1) is 11.8 Å². The summed E-state index contributed by atoms with van der Waals surface area (Å²) in [5.74, 6) is 1.28. The van der Waals surface area contributed by atoms with Gasteiger partial charge in [0.1, 0.15) is 0 Å². The standard InChI is InChI=1S/C21H34N2S/c1(3-6-12-23-13-7-5-8-14-23)2-4-9-15-24-21-11-10-19-17-22-18-20(19)16-21/h10-11,16,22H,1-9,12-15,17-18H2. The van der Waals surface area contributed by atoms with E-state index in [9.17, 15) is 0 Å². The number of nitrogens with one attached hydrogen (secondary N) is 1. The Morgan fingerprint density at radius 1 is 0.833 bits per heavy atom. The number of benzene rings is 1. The topological polar surface area (TPSA) is 15.3 Å². The highest BCUT2D eigenvalue weighted by Crippen LogP contribution is 2.25. The fourth-order valence-electron chi connectivity index (χ4n) is 3.88. The fraction of sp³-hybridized carbons (Fsp3) is 0.714. The van der Waals surface area contributed by atoms with Crippen LogP contribution in [0.15, 0.2) is 23.1 Å². The molecule has 2 aliphatic heterocycles. The van der Waals surface area contributed by atoms with Gasteiger partial charge in [-0.3, -0.25) is 0 Å². The number of hydrogen-bond acceptors (Lipinski definition) is 3. The van der Waals surface area contributed by atoms with E-state index in [1.165, 1.54) is 99.2 Å². The molecule has 0 radical (unpaired) electrons. The van der Waals surface area contributed by atoms with Gasteiger partial charge in [0, 0.05) is 18.0 Å². The second-order valence-electron chi connectivity index (χ2n) is 7.41. The molecule has 0 spiro atoms. The Morgan fingerprint density at radius 3 is 2.46 bits per heavy atom. The van der Waals surface area contributed by atoms with Crippen molar-refractivity contribution in [2.24, 2.45) is 0 Å². The van der Waals surface area contributed by atoms with Crippen LogP contribution in [0.2, 0.25) is 0 Å². The van der Waals surface area contributed by atoms with Gasteiger partial charge < -0.3 is 10.2 Å². The van der Waals surface area contributed by atoms with Crippen LogP contribution < -0.4 is 5.32 Å². The molecule has 0 aromatic heterocycles. The van der Waals surface area contributed by atoms with Gasteiger partial charge in [-0.2, -0.15) is 0 Å². The van der Waals surface area contributed by atoms with Crippen molar-refractivity contribution in [1.29, 1.82) is 0 Å². The highest BCUT2D eigenvalue weighted by molar-refractivity contribution is 7.99. The predicted octanol–water partition coefficient (Wildman–Crippen LogP) is 5.21. The van der Waals surface area contributed by atoms with Crippen molar-refractivity contribution in [3.05, 3.63) is 29.3 Å². The monoisotopic (exact) mass is 346 g/mol. The predicted molar refractivity (Wildman–Crippen MR) is 106 cm³/mol. The Kier molecular flexibility index (Phi) is 7.98. The molecular formula is C21H34N2S. The molecule has 2 aliphatic rings. The zero-order valence-electron chi connectivity index (χ0n) is 15.2. The summed E-state index contributed by atoms with van der Waals surface area (Å²) in [5, 5.41) is 3.42. The van der Waals surface area contributed by atoms with Crippen LogP contribution in [0.25, 0.3) is 0 Å². The van der Waals surface area contributed by atoms with Crippen molar-refractivity contribution in [2.75, 3.05) is 25.4 Å². The number of likely N-dealkylation sites (tertiary alicyclic amines) is 1. The van der Waals surface area contributed by atoms with Crippen LogP contribution in [0, 0.1) is 0 Å². The lowest BCUT2D eigenvalue weighted by atomic mass is 10.1. The molecule has 0 aliphatic carbocycles. The summed E-state index contributed by atoms with van der Waals surface area (Å²) in [6.45, 7) is 6.17. The normalized spacial score (nSPS) is 18.0. The number of rotatable bonds is 10. The van der Waals surface area contributed by atoms with Gasteiger partial charge in [0.05, 0.1) is 0 Å². The average molecular weight is 347 g/mol. The highest BCUT2D eigenvalue weighted by Gasteiger charge is 2.10. The second-order valence-corrected chi connectivity index (χ2v) is 8.57. The molecule has 0 atom stereocenters. The van der Waals surface area contributed by atoms with Gasteiger partial charge in [0.25, 0.3) is 0 Å². The first kappa shape index (κ1) is 18.3. The van der Waals surface area contributed by atoms with Gasteiger partial charge in [-0.1, -0.05) is 38.2 Å². The van der Waals surface area contributed by atoms with Crippen LogP contribution in [0.1, 0.15) is 68.9 Å². The van der Waals surface area contributed by atoms with Crippen LogP contribution in [0.5, 0.6) is 0 Å². The Labute approximate surface area is 152 Å². The molecule has 24 heavy (non-hydrogen) atoms. The molecule has 3 rings (SSSR count). The smallest absolute Gasteiger partial charge is 0.0212 e. The van der Waals surface area contributed by atoms with E-state index in [2.05, 4.69) is 28.4 Å². The molecule has 134 valence electrons. The van der Waals surface area contributed by atoms with Gasteiger partial charge in [0.15, 0.2) is 0 Å². The molecule has 0 amide bonds. The number of piperidine rings is 1. The zero-order chi connectivity index (χ0) is 16.5. The van der Waals surface area contributed by atoms with Crippen LogP contribution in [0.4, 0.5) is 0 Å². The largest absolute Gasteiger partial charge is 0.309 e. The van der Waals surface area contributed by atoms with Gasteiger partial charge in [-0.25, -0.2) is 0 Å². The molecule has 3 heteroatoms. The van der Waals surface area contributed by atoms with Gasteiger partial charge in [0.2, 0.25) is 0 Å². The van der Waals surface area contributed by atoms with Crippen molar-refractivity contribution in [3.63, 3.8) is 0 Å². The third-order valence-electron chi connectivity index (χ3n) is 5.39. The lowest BCUT2D eigenvalue weighted by Crippen LogP contribution is -2.30. The molecule has 0 unspecified atom stereocenters. The molecule has 2 heterocycles. The van der Waals surface area contributed by atoms with Crippen molar-refractivity contribution in [3.8, 4) is 0 Å². The third kappa shape index (κ3) is 6.09. The zero-order valence-corrected chi connectivity index (χ0v) is 16.0. The summed E-state index contributed by atoms with van der Waals surface area (Å²) in [5.41, 5.74) is 3.00. The average Bonchev–Trinajstić information content (AvgIpc) is 3.09. The van der Waals surface area contributed by atoms with Gasteiger partial charge >= 0.3 is 0 Å². The van der Waals surface area contributed by atoms with E-state index in [4.69, 9.17) is 0 Å². The summed E-state index contributed by atoms with van der Waals surface area (Å²) in [6.07, 6.45) is 12.8. The molecule has 2 nitrogen and oxygen atoms in total. The third-order valence-corrected chi connectivity index (χ3v) is 6.47. The minimum Gasteiger partial charge on any atom is -0.309 e. The summed E-state index contributed by atoms with van der Waals surface area (Å²) < 4.78 is 0. The van der Waals surface area contributed by atoms with Crippen LogP contribution in [0.3, 0.4) is 0 Å². The number of nitrogens with zero attached hydrogens (tertiary/aromatic N) is 1. The van der Waals surface area contributed by atoms with Crippen molar-refractivity contribution < 1.29 is 0 Å². The van der Waals surface area contributed by atoms with Crippen LogP contribution >= 0.6 is 11.8 Å². The van der Waals surface area contributed by atoms with E-state index < -0.39 is 0 Å². The summed E-state index contributed by atoms with van der Waals surface area (Å²) in [6, 6.07) is 7.00. The second kappa shape index (κ2) is 10.5. The van der Waals surface area contributed by atoms with Crippen molar-refractivity contribution in [1.82, 2.24) is 10.2 Å². The van der Waals surface area contributed by atoms with Crippen LogP contribution in [-0.2, 0) is 13.1 Å². The maximum atomic E-state index is 3.42. The fourth-order valence-corrected chi connectivity index (χ4v) is 4.85. The van der Waals surface area contributed by atoms with E-state index >= 15 is 0 Å². The molecular weight excluding hydrogens is 312 g/mol. The maximum absolute atomic E-state index is 3.42. The molecule has 0 saturated carbocycles. The van der Waals surface area contributed by atoms with Crippen molar-refractivity contribution >= 4 is 11.8 Å². The molecule has 1 fully saturated rings.